The van der Waals surface area contributed by atoms with Gasteiger partial charge in [-0.1, -0.05) is 35.7 Å². The Morgan fingerprint density at radius 3 is 2.93 bits per heavy atom. The van der Waals surface area contributed by atoms with E-state index in [0.717, 1.165) is 0 Å². The van der Waals surface area contributed by atoms with E-state index >= 15 is 4.39 Å². The van der Waals surface area contributed by atoms with Gasteiger partial charge in [0.05, 0.1) is 25.3 Å². The minimum Gasteiger partial charge on any atom is -0.326 e. The summed E-state index contributed by atoms with van der Waals surface area (Å²) in [6.07, 6.45) is 1.45. The second kappa shape index (κ2) is 9.86. The van der Waals surface area contributed by atoms with Crippen LogP contribution in [0.3, 0.4) is 0 Å². The molecular formula is C19H23F3N4OS. The summed E-state index contributed by atoms with van der Waals surface area (Å²) >= 11 is 1.36. The molecule has 0 spiro atoms. The summed E-state index contributed by atoms with van der Waals surface area (Å²) in [6, 6.07) is 0. The second-order valence-electron chi connectivity index (χ2n) is 6.53. The number of fused-ring (bicyclic) bond motifs is 1. The number of allylic oxidation sites excluding steroid dienone is 4. The van der Waals surface area contributed by atoms with Crippen LogP contribution in [0.15, 0.2) is 56.6 Å². The van der Waals surface area contributed by atoms with Gasteiger partial charge in [-0.15, -0.1) is 0 Å². The largest absolute Gasteiger partial charge is 0.326 e. The van der Waals surface area contributed by atoms with E-state index < -0.39 is 18.5 Å². The van der Waals surface area contributed by atoms with Gasteiger partial charge in [-0.3, -0.25) is 4.99 Å². The lowest BCUT2D eigenvalue weighted by Crippen LogP contribution is -2.36. The van der Waals surface area contributed by atoms with Crippen molar-refractivity contribution in [2.45, 2.75) is 38.3 Å². The Hall–Kier alpha value is -2.16. The van der Waals surface area contributed by atoms with Crippen molar-refractivity contribution in [1.82, 2.24) is 4.90 Å². The third-order valence-electron chi connectivity index (χ3n) is 4.41. The van der Waals surface area contributed by atoms with Crippen molar-refractivity contribution in [3.05, 3.63) is 51.3 Å². The van der Waals surface area contributed by atoms with Crippen LogP contribution in [0.4, 0.5) is 13.2 Å². The summed E-state index contributed by atoms with van der Waals surface area (Å²) in [5, 5.41) is 12.8. The molecule has 0 aliphatic carbocycles. The van der Waals surface area contributed by atoms with Gasteiger partial charge in [0, 0.05) is 35.4 Å². The van der Waals surface area contributed by atoms with Gasteiger partial charge in [-0.05, 0) is 18.4 Å². The fourth-order valence-electron chi connectivity index (χ4n) is 3.12. The summed E-state index contributed by atoms with van der Waals surface area (Å²) < 4.78 is 40.0. The molecule has 2 aliphatic heterocycles. The summed E-state index contributed by atoms with van der Waals surface area (Å²) in [7, 11) is 0. The lowest BCUT2D eigenvalue weighted by atomic mass is 9.97. The molecule has 0 aromatic heterocycles. The van der Waals surface area contributed by atoms with Crippen LogP contribution in [0, 0.1) is 10.3 Å². The van der Waals surface area contributed by atoms with Crippen molar-refractivity contribution in [1.29, 1.82) is 5.41 Å². The molecule has 152 valence electrons. The first-order valence-electron chi connectivity index (χ1n) is 8.84. The van der Waals surface area contributed by atoms with Crippen LogP contribution in [0.2, 0.25) is 0 Å². The Bertz CT molecular complexity index is 760. The van der Waals surface area contributed by atoms with Crippen molar-refractivity contribution in [3.63, 3.8) is 0 Å². The monoisotopic (exact) mass is 412 g/mol. The lowest BCUT2D eigenvalue weighted by molar-refractivity contribution is 0.152. The van der Waals surface area contributed by atoms with Crippen molar-refractivity contribution < 1.29 is 13.2 Å². The van der Waals surface area contributed by atoms with Gasteiger partial charge in [0.25, 0.3) is 0 Å². The number of hydrogen-bond acceptors (Lipinski definition) is 6. The number of aliphatic imine (C=N–C) groups is 1. The highest BCUT2D eigenvalue weighted by atomic mass is 32.2. The molecule has 1 fully saturated rings. The third kappa shape index (κ3) is 5.43. The van der Waals surface area contributed by atoms with Crippen LogP contribution in [0.25, 0.3) is 0 Å². The average molecular weight is 412 g/mol. The molecule has 0 saturated carbocycles. The predicted octanol–water partition coefficient (Wildman–Crippen LogP) is 5.23. The standard InChI is InChI=1S/C19H23F3N4OS/c1-3-9-28-13(2)18-24-11-14(15(23)5-4-6-17(20)21)16-10-19(22,7-8-25-27)12-26(16)18/h3-5,9,17,23H,2,6-8,10-12H2,1H3/b5-4-,9-3-,23-15?. The topological polar surface area (TPSA) is 68.9 Å². The van der Waals surface area contributed by atoms with E-state index in [1.807, 2.05) is 18.4 Å². The lowest BCUT2D eigenvalue weighted by Gasteiger charge is -2.29. The first-order valence-corrected chi connectivity index (χ1v) is 9.72. The van der Waals surface area contributed by atoms with Gasteiger partial charge in [-0.2, -0.15) is 4.91 Å². The number of rotatable bonds is 10. The van der Waals surface area contributed by atoms with Crippen LogP contribution in [-0.4, -0.2) is 48.2 Å². The van der Waals surface area contributed by atoms with Gasteiger partial charge in [0.2, 0.25) is 6.43 Å². The van der Waals surface area contributed by atoms with E-state index in [2.05, 4.69) is 16.7 Å². The Morgan fingerprint density at radius 2 is 2.29 bits per heavy atom. The zero-order chi connectivity index (χ0) is 20.7. The van der Waals surface area contributed by atoms with E-state index in [1.165, 1.54) is 23.9 Å². The van der Waals surface area contributed by atoms with Crippen LogP contribution < -0.4 is 0 Å². The molecule has 2 aliphatic rings. The number of nitrogens with zero attached hydrogens (tertiary/aromatic N) is 3. The number of thioether (sulfide) groups is 1. The molecule has 0 aromatic rings. The van der Waals surface area contributed by atoms with E-state index in [9.17, 15) is 13.7 Å². The van der Waals surface area contributed by atoms with Crippen molar-refractivity contribution in [2.24, 2.45) is 10.2 Å². The van der Waals surface area contributed by atoms with Gasteiger partial charge in [-0.25, -0.2) is 13.2 Å². The maximum atomic E-state index is 15.3. The quantitative estimate of drug-likeness (QED) is 0.394. The first kappa shape index (κ1) is 22.1. The van der Waals surface area contributed by atoms with Gasteiger partial charge in [0.15, 0.2) is 0 Å². The highest BCUT2D eigenvalue weighted by Gasteiger charge is 2.45. The molecule has 1 N–H and O–H groups in total. The number of halogens is 3. The van der Waals surface area contributed by atoms with E-state index in [0.29, 0.717) is 22.0 Å². The molecule has 2 rings (SSSR count). The average Bonchev–Trinajstić information content (AvgIpc) is 3.00. The minimum atomic E-state index is -2.48. The van der Waals surface area contributed by atoms with Gasteiger partial charge >= 0.3 is 0 Å². The molecule has 28 heavy (non-hydrogen) atoms. The number of nitroso groups, excluding NO2 is 1. The first-order chi connectivity index (χ1) is 13.3. The van der Waals surface area contributed by atoms with Crippen molar-refractivity contribution in [2.75, 3.05) is 19.6 Å². The Morgan fingerprint density at radius 1 is 1.54 bits per heavy atom. The Kier molecular flexibility index (Phi) is 7.79. The normalized spacial score (nSPS) is 22.3. The van der Waals surface area contributed by atoms with Crippen molar-refractivity contribution in [3.8, 4) is 0 Å². The molecular weight excluding hydrogens is 389 g/mol. The number of amidine groups is 1. The highest BCUT2D eigenvalue weighted by molar-refractivity contribution is 8.06. The second-order valence-corrected chi connectivity index (χ2v) is 7.54. The number of nitrogens with one attached hydrogen (secondary N) is 1. The molecule has 0 amide bonds. The smallest absolute Gasteiger partial charge is 0.242 e. The van der Waals surface area contributed by atoms with Gasteiger partial charge < -0.3 is 10.3 Å². The summed E-state index contributed by atoms with van der Waals surface area (Å²) in [6.45, 7) is 5.87. The van der Waals surface area contributed by atoms with E-state index in [-0.39, 0.29) is 38.2 Å². The third-order valence-corrected chi connectivity index (χ3v) is 5.29. The molecule has 1 saturated heterocycles. The summed E-state index contributed by atoms with van der Waals surface area (Å²) in [5.74, 6) is 0.532. The maximum absolute atomic E-state index is 15.3. The fourth-order valence-corrected chi connectivity index (χ4v) is 3.70. The minimum absolute atomic E-state index is 0.0103. The summed E-state index contributed by atoms with van der Waals surface area (Å²) in [4.78, 5) is 17.3. The summed E-state index contributed by atoms with van der Waals surface area (Å²) in [5.41, 5.74) is -0.546. The fraction of sp³-hybridized carbons (Fsp3) is 0.474. The Labute approximate surface area is 166 Å². The molecule has 2 heterocycles. The molecule has 1 unspecified atom stereocenters. The van der Waals surface area contributed by atoms with E-state index in [1.54, 1.807) is 4.90 Å². The van der Waals surface area contributed by atoms with Crippen molar-refractivity contribution >= 4 is 23.3 Å². The molecule has 0 radical (unpaired) electrons. The molecule has 1 atom stereocenters. The SMILES string of the molecule is C=C(S/C=C\C)C1=NCC(C(=N)/C=C\CC(F)F)=C2CC(F)(CCN=O)CN12. The molecule has 9 heteroatoms. The number of hydrogen-bond donors (Lipinski definition) is 1. The van der Waals surface area contributed by atoms with Crippen LogP contribution in [0.1, 0.15) is 26.2 Å². The molecule has 0 aromatic carbocycles. The van der Waals surface area contributed by atoms with E-state index in [4.69, 9.17) is 5.41 Å². The van der Waals surface area contributed by atoms with Crippen LogP contribution >= 0.6 is 11.8 Å². The molecule has 0 bridgehead atoms. The predicted molar refractivity (Wildman–Crippen MR) is 109 cm³/mol. The van der Waals surface area contributed by atoms with Crippen LogP contribution in [0.5, 0.6) is 0 Å². The zero-order valence-corrected chi connectivity index (χ0v) is 16.4. The maximum Gasteiger partial charge on any atom is 0.242 e. The number of alkyl halides is 3. The van der Waals surface area contributed by atoms with Crippen LogP contribution in [-0.2, 0) is 0 Å². The van der Waals surface area contributed by atoms with Gasteiger partial charge in [0.1, 0.15) is 11.5 Å². The Balaban J connectivity index is 2.31. The highest BCUT2D eigenvalue weighted by Crippen LogP contribution is 2.41. The zero-order valence-electron chi connectivity index (χ0n) is 15.6. The molecule has 5 nitrogen and oxygen atoms in total.